The van der Waals surface area contributed by atoms with Crippen LogP contribution in [0.1, 0.15) is 0 Å². The lowest BCUT2D eigenvalue weighted by molar-refractivity contribution is -0.118. The van der Waals surface area contributed by atoms with E-state index < -0.39 is 0 Å². The minimum Gasteiger partial charge on any atom is -0.484 e. The van der Waals surface area contributed by atoms with Gasteiger partial charge in [-0.05, 0) is 48.5 Å². The average molecular weight is 380 g/mol. The first kappa shape index (κ1) is 17.1. The molecule has 134 valence electrons. The van der Waals surface area contributed by atoms with Crippen molar-refractivity contribution in [3.05, 3.63) is 82.0 Å². The van der Waals surface area contributed by atoms with Crippen molar-refractivity contribution in [2.45, 2.75) is 0 Å². The van der Waals surface area contributed by atoms with Gasteiger partial charge in [-0.3, -0.25) is 9.59 Å². The zero-order valence-corrected chi connectivity index (χ0v) is 14.8. The number of carbonyl (C=O) groups is 1. The van der Waals surface area contributed by atoms with Crippen LogP contribution in [0.5, 0.6) is 5.75 Å². The molecule has 6 heteroatoms. The Balaban J connectivity index is 1.53. The largest absolute Gasteiger partial charge is 0.484 e. The number of benzene rings is 3. The molecule has 27 heavy (non-hydrogen) atoms. The van der Waals surface area contributed by atoms with Gasteiger partial charge in [0.15, 0.2) is 6.61 Å². The Labute approximate surface area is 159 Å². The van der Waals surface area contributed by atoms with Crippen molar-refractivity contribution in [3.63, 3.8) is 0 Å². The predicted octanol–water partition coefficient (Wildman–Crippen LogP) is 4.62. The number of ether oxygens (including phenoxy) is 1. The number of hydrogen-bond donors (Lipinski definition) is 1. The molecule has 0 bridgehead atoms. The molecule has 4 aromatic rings. The number of amides is 1. The number of nitrogens with one attached hydrogen (secondary N) is 1. The van der Waals surface area contributed by atoms with E-state index >= 15 is 0 Å². The topological polar surface area (TPSA) is 68.5 Å². The average Bonchev–Trinajstić information content (AvgIpc) is 2.68. The fourth-order valence-electron chi connectivity index (χ4n) is 2.76. The van der Waals surface area contributed by atoms with Crippen LogP contribution in [0.3, 0.4) is 0 Å². The number of carbonyl (C=O) groups excluding carboxylic acids is 1. The van der Waals surface area contributed by atoms with Crippen LogP contribution in [0.2, 0.25) is 5.02 Å². The maximum absolute atomic E-state index is 12.5. The molecule has 0 fully saturated rings. The molecule has 0 unspecified atom stereocenters. The number of hydrogen-bond acceptors (Lipinski definition) is 4. The molecule has 0 spiro atoms. The Bertz CT molecular complexity index is 1200. The van der Waals surface area contributed by atoms with Crippen LogP contribution in [-0.2, 0) is 4.79 Å². The molecular weight excluding hydrogens is 366 g/mol. The van der Waals surface area contributed by atoms with E-state index in [0.717, 1.165) is 0 Å². The van der Waals surface area contributed by atoms with E-state index in [1.165, 1.54) is 0 Å². The predicted molar refractivity (Wildman–Crippen MR) is 106 cm³/mol. The second kappa shape index (κ2) is 7.13. The number of anilines is 1. The van der Waals surface area contributed by atoms with Gasteiger partial charge < -0.3 is 14.5 Å². The first-order chi connectivity index (χ1) is 13.1. The number of fused-ring (bicyclic) bond motifs is 2. The van der Waals surface area contributed by atoms with Crippen molar-refractivity contribution in [1.29, 1.82) is 0 Å². The van der Waals surface area contributed by atoms with E-state index in [9.17, 15) is 9.59 Å². The zero-order valence-electron chi connectivity index (χ0n) is 14.1. The Morgan fingerprint density at radius 1 is 0.963 bits per heavy atom. The van der Waals surface area contributed by atoms with Crippen LogP contribution in [0.25, 0.3) is 21.9 Å². The maximum Gasteiger partial charge on any atom is 0.262 e. The van der Waals surface area contributed by atoms with Crippen molar-refractivity contribution >= 4 is 45.1 Å². The summed E-state index contributed by atoms with van der Waals surface area (Å²) in [4.78, 5) is 24.6. The molecule has 4 rings (SSSR count). The van der Waals surface area contributed by atoms with E-state index in [1.807, 2.05) is 0 Å². The Morgan fingerprint density at radius 2 is 1.70 bits per heavy atom. The number of para-hydroxylation sites is 1. The summed E-state index contributed by atoms with van der Waals surface area (Å²) >= 11 is 5.81. The van der Waals surface area contributed by atoms with Crippen molar-refractivity contribution < 1.29 is 13.9 Å². The molecule has 5 nitrogen and oxygen atoms in total. The molecule has 1 aromatic heterocycles. The molecule has 0 atom stereocenters. The van der Waals surface area contributed by atoms with E-state index in [0.29, 0.717) is 38.4 Å². The summed E-state index contributed by atoms with van der Waals surface area (Å²) in [6.45, 7) is -0.151. The highest BCUT2D eigenvalue weighted by molar-refractivity contribution is 6.30. The van der Waals surface area contributed by atoms with Crippen molar-refractivity contribution in [3.8, 4) is 5.75 Å². The highest BCUT2D eigenvalue weighted by Gasteiger charge is 2.09. The third-order valence-corrected chi connectivity index (χ3v) is 4.30. The van der Waals surface area contributed by atoms with Crippen LogP contribution >= 0.6 is 11.6 Å². The summed E-state index contributed by atoms with van der Waals surface area (Å²) in [6.07, 6.45) is 0. The van der Waals surface area contributed by atoms with Crippen LogP contribution in [0.15, 0.2) is 75.9 Å². The van der Waals surface area contributed by atoms with Gasteiger partial charge in [0, 0.05) is 16.8 Å². The smallest absolute Gasteiger partial charge is 0.262 e. The molecule has 0 radical (unpaired) electrons. The molecule has 1 N–H and O–H groups in total. The molecular formula is C21H14ClNO4. The number of rotatable bonds is 4. The Morgan fingerprint density at radius 3 is 2.52 bits per heavy atom. The summed E-state index contributed by atoms with van der Waals surface area (Å²) < 4.78 is 11.2. The second-order valence-electron chi connectivity index (χ2n) is 5.93. The second-order valence-corrected chi connectivity index (χ2v) is 6.37. The van der Waals surface area contributed by atoms with Crippen molar-refractivity contribution in [2.24, 2.45) is 0 Å². The van der Waals surface area contributed by atoms with E-state index in [4.69, 9.17) is 20.8 Å². The first-order valence-electron chi connectivity index (χ1n) is 8.24. The van der Waals surface area contributed by atoms with Crippen LogP contribution in [-0.4, -0.2) is 12.5 Å². The molecule has 1 heterocycles. The fourth-order valence-corrected chi connectivity index (χ4v) is 2.88. The SMILES string of the molecule is O=C(COc1ccc(Cl)cc1)Nc1ccc2c(=O)c3ccccc3oc2c1. The van der Waals surface area contributed by atoms with Gasteiger partial charge in [0.25, 0.3) is 5.91 Å². The summed E-state index contributed by atoms with van der Waals surface area (Å²) in [6, 6.07) is 18.7. The third-order valence-electron chi connectivity index (χ3n) is 4.05. The minimum absolute atomic E-state index is 0.101. The highest BCUT2D eigenvalue weighted by atomic mass is 35.5. The van der Waals surface area contributed by atoms with Gasteiger partial charge in [0.05, 0.1) is 10.8 Å². The molecule has 0 aliphatic rings. The van der Waals surface area contributed by atoms with Crippen LogP contribution < -0.4 is 15.5 Å². The summed E-state index contributed by atoms with van der Waals surface area (Å²) in [5.41, 5.74) is 1.33. The molecule has 1 amide bonds. The molecule has 0 aliphatic carbocycles. The normalized spacial score (nSPS) is 10.9. The fraction of sp³-hybridized carbons (Fsp3) is 0.0476. The quantitative estimate of drug-likeness (QED) is 0.525. The standard InChI is InChI=1S/C21H14ClNO4/c22-13-5-8-15(9-6-13)26-12-20(24)23-14-7-10-17-19(11-14)27-18-4-2-1-3-16(18)21(17)25/h1-11H,12H2,(H,23,24). The van der Waals surface area contributed by atoms with E-state index in [-0.39, 0.29) is 17.9 Å². The summed E-state index contributed by atoms with van der Waals surface area (Å²) in [7, 11) is 0. The van der Waals surface area contributed by atoms with Gasteiger partial charge in [-0.1, -0.05) is 23.7 Å². The molecule has 3 aromatic carbocycles. The van der Waals surface area contributed by atoms with Crippen molar-refractivity contribution in [1.82, 2.24) is 0 Å². The summed E-state index contributed by atoms with van der Waals surface area (Å²) in [5, 5.41) is 4.31. The van der Waals surface area contributed by atoms with Crippen LogP contribution in [0, 0.1) is 0 Å². The zero-order chi connectivity index (χ0) is 18.8. The van der Waals surface area contributed by atoms with Gasteiger partial charge >= 0.3 is 0 Å². The van der Waals surface area contributed by atoms with Gasteiger partial charge in [-0.15, -0.1) is 0 Å². The van der Waals surface area contributed by atoms with Gasteiger partial charge in [0.1, 0.15) is 16.9 Å². The maximum atomic E-state index is 12.5. The lowest BCUT2D eigenvalue weighted by Crippen LogP contribution is -2.20. The molecule has 0 aliphatic heterocycles. The van der Waals surface area contributed by atoms with E-state index in [1.54, 1.807) is 66.7 Å². The minimum atomic E-state index is -0.326. The van der Waals surface area contributed by atoms with Gasteiger partial charge in [-0.25, -0.2) is 0 Å². The Hall–Kier alpha value is -3.31. The molecule has 0 saturated heterocycles. The van der Waals surface area contributed by atoms with Gasteiger partial charge in [0.2, 0.25) is 5.43 Å². The highest BCUT2D eigenvalue weighted by Crippen LogP contribution is 2.22. The van der Waals surface area contributed by atoms with Crippen LogP contribution in [0.4, 0.5) is 5.69 Å². The van der Waals surface area contributed by atoms with Gasteiger partial charge in [-0.2, -0.15) is 0 Å². The van der Waals surface area contributed by atoms with Crippen molar-refractivity contribution in [2.75, 3.05) is 11.9 Å². The lowest BCUT2D eigenvalue weighted by atomic mass is 10.1. The van der Waals surface area contributed by atoms with E-state index in [2.05, 4.69) is 5.32 Å². The monoisotopic (exact) mass is 379 g/mol. The first-order valence-corrected chi connectivity index (χ1v) is 8.62. The third kappa shape index (κ3) is 3.64. The Kier molecular flexibility index (Phi) is 4.52. The summed E-state index contributed by atoms with van der Waals surface area (Å²) in [5.74, 6) is 0.220. The molecule has 0 saturated carbocycles. The lowest BCUT2D eigenvalue weighted by Gasteiger charge is -2.08. The number of halogens is 1.